The van der Waals surface area contributed by atoms with Crippen LogP contribution in [-0.4, -0.2) is 22.1 Å². The van der Waals surface area contributed by atoms with Crippen LogP contribution in [0.2, 0.25) is 0 Å². The van der Waals surface area contributed by atoms with Crippen LogP contribution in [0.15, 0.2) is 84.9 Å². The van der Waals surface area contributed by atoms with Crippen LogP contribution in [0.4, 0.5) is 4.79 Å². The Balaban J connectivity index is 2.03. The van der Waals surface area contributed by atoms with Gasteiger partial charge in [0.15, 0.2) is 0 Å². The summed E-state index contributed by atoms with van der Waals surface area (Å²) in [6.07, 6.45) is 22.4. The maximum absolute atomic E-state index is 11.4. The minimum absolute atomic E-state index is 0.597. The Morgan fingerprint density at radius 3 is 2.57 bits per heavy atom. The van der Waals surface area contributed by atoms with Gasteiger partial charge in [-0.3, -0.25) is 14.9 Å². The van der Waals surface area contributed by atoms with Crippen LogP contribution >= 0.6 is 0 Å². The maximum atomic E-state index is 11.4. The first kappa shape index (κ1) is 18.7. The molecule has 140 valence electrons. The number of nitrogens with two attached hydrogens (primary N) is 1. The third kappa shape index (κ3) is 4.95. The van der Waals surface area contributed by atoms with E-state index in [-0.39, 0.29) is 0 Å². The number of rotatable bonds is 0. The fraction of sp³-hybridized carbons (Fsp3) is 0. The van der Waals surface area contributed by atoms with Crippen LogP contribution in [0.1, 0.15) is 0 Å². The summed E-state index contributed by atoms with van der Waals surface area (Å²) in [5.41, 5.74) is 5.33. The largest absolute Gasteiger partial charge is 0.366 e. The smallest absolute Gasteiger partial charge is 0.322 e. The monoisotopic (exact) mass is 372 g/mol. The van der Waals surface area contributed by atoms with E-state index in [0.717, 1.165) is 21.2 Å². The Morgan fingerprint density at radius 2 is 1.79 bits per heavy atom. The van der Waals surface area contributed by atoms with Gasteiger partial charge in [-0.1, -0.05) is 18.2 Å². The van der Waals surface area contributed by atoms with E-state index >= 15 is 0 Å². The molecule has 0 radical (unpaired) electrons. The minimum Gasteiger partial charge on any atom is -0.366 e. The summed E-state index contributed by atoms with van der Waals surface area (Å²) in [7, 11) is 0. The zero-order valence-corrected chi connectivity index (χ0v) is 15.1. The van der Waals surface area contributed by atoms with Crippen LogP contribution in [0, 0.1) is 0 Å². The summed E-state index contributed by atoms with van der Waals surface area (Å²) < 4.78 is 0. The first-order chi connectivity index (χ1) is 13.8. The van der Waals surface area contributed by atoms with Crippen molar-refractivity contribution in [1.82, 2.24) is 20.5 Å². The maximum Gasteiger partial charge on any atom is 0.322 e. The van der Waals surface area contributed by atoms with Gasteiger partial charge in [0.2, 0.25) is 0 Å². The summed E-state index contributed by atoms with van der Waals surface area (Å²) >= 11 is 0. The highest BCUT2D eigenvalue weighted by Gasteiger charge is 1.99. The number of carbonyl (C=O) groups excluding carboxylic acids is 1. The van der Waals surface area contributed by atoms with Crippen LogP contribution in [-0.2, 0) is 0 Å². The molecule has 2 aromatic rings. The summed E-state index contributed by atoms with van der Waals surface area (Å²) in [6, 6.07) is 5.43. The molecule has 0 aliphatic carbocycles. The first-order valence-corrected chi connectivity index (χ1v) is 8.57. The molecule has 2 amide bonds. The number of benzene rings is 1. The Bertz CT molecular complexity index is 1110. The number of nitrogens with one attached hydrogen (secondary N) is 2. The molecule has 1 aliphatic rings. The molecule has 0 bridgehead atoms. The van der Waals surface area contributed by atoms with Crippen molar-refractivity contribution in [3.8, 4) is 0 Å². The van der Waals surface area contributed by atoms with Gasteiger partial charge in [-0.15, -0.1) is 0 Å². The van der Waals surface area contributed by atoms with Gasteiger partial charge in [0.05, 0.1) is 0 Å². The molecule has 3 rings (SSSR count). The van der Waals surface area contributed by atoms with Gasteiger partial charge in [0.25, 0.3) is 0 Å². The molecule has 4 N–H and O–H groups in total. The lowest BCUT2D eigenvalue weighted by Gasteiger charge is -2.08. The van der Waals surface area contributed by atoms with Gasteiger partial charge >= 0.3 is 6.03 Å². The topological polar surface area (TPSA) is 95.6 Å². The van der Waals surface area contributed by atoms with Gasteiger partial charge < -0.3 is 16.4 Å². The number of hydrogen-bond donors (Lipinski definition) is 3. The Morgan fingerprint density at radius 1 is 1.00 bits per heavy atom. The van der Waals surface area contributed by atoms with Crippen LogP contribution in [0.25, 0.3) is 23.0 Å². The van der Waals surface area contributed by atoms with E-state index in [1.807, 2.05) is 42.7 Å². The first-order valence-electron chi connectivity index (χ1n) is 8.57. The van der Waals surface area contributed by atoms with E-state index in [9.17, 15) is 4.79 Å². The number of urea groups is 1. The quantitative estimate of drug-likeness (QED) is 0.651. The van der Waals surface area contributed by atoms with E-state index in [0.29, 0.717) is 0 Å². The van der Waals surface area contributed by atoms with Crippen molar-refractivity contribution in [2.45, 2.75) is 0 Å². The number of carbonyl (C=O) groups is 1. The molecule has 0 fully saturated rings. The van der Waals surface area contributed by atoms with Crippen molar-refractivity contribution in [2.24, 2.45) is 10.7 Å². The number of hydrogen-bond acceptors (Lipinski definition) is 5. The molecule has 0 saturated carbocycles. The highest BCUT2D eigenvalue weighted by molar-refractivity contribution is 5.83. The number of pyridine rings is 1. The average molecular weight is 372 g/mol. The second-order valence-electron chi connectivity index (χ2n) is 5.69. The zero-order valence-electron chi connectivity index (χ0n) is 15.1. The Labute approximate surface area is 162 Å². The van der Waals surface area contributed by atoms with E-state index in [2.05, 4.69) is 20.6 Å². The second kappa shape index (κ2) is 9.54. The van der Waals surface area contributed by atoms with E-state index in [4.69, 9.17) is 5.73 Å². The number of aliphatic imine (C=N–C) groups is 1. The number of primary amides is 1. The summed E-state index contributed by atoms with van der Waals surface area (Å²) in [6.45, 7) is 0. The molecule has 7 heteroatoms. The highest BCUT2D eigenvalue weighted by Crippen LogP contribution is 2.04. The van der Waals surface area contributed by atoms with Gasteiger partial charge in [-0.25, -0.2) is 4.79 Å². The second-order valence-corrected chi connectivity index (χ2v) is 5.69. The lowest BCUT2D eigenvalue weighted by atomic mass is 10.1. The zero-order chi connectivity index (χ0) is 19.6. The van der Waals surface area contributed by atoms with Gasteiger partial charge in [-0.2, -0.15) is 0 Å². The molecule has 7 nitrogen and oxygen atoms in total. The summed E-state index contributed by atoms with van der Waals surface area (Å²) in [5, 5.41) is 10.0. The molecule has 2 heterocycles. The normalized spacial score (nSPS) is 14.4. The molecule has 1 aliphatic heterocycles. The molecule has 0 atom stereocenters. The molecular formula is C21H20N6O. The van der Waals surface area contributed by atoms with Gasteiger partial charge in [-0.05, 0) is 28.8 Å². The van der Waals surface area contributed by atoms with E-state index < -0.39 is 6.03 Å². The third-order valence-corrected chi connectivity index (χ3v) is 3.85. The van der Waals surface area contributed by atoms with Crippen molar-refractivity contribution in [3.05, 3.63) is 90.4 Å². The molecule has 0 unspecified atom stereocenters. The van der Waals surface area contributed by atoms with E-state index in [1.54, 1.807) is 43.3 Å². The number of fused-ring (bicyclic) bond motifs is 3. The molecule has 28 heavy (non-hydrogen) atoms. The standard InChI is InChI=1S/C21H20N6O/c22-21(28)27-13-11-23-7-1-3-17-4-5-18-15-26-10-6-19(18)20(17)16-25-9-2-8-24-12-14-27/h1-16,23-24H,(H2,22,28). The third-order valence-electron chi connectivity index (χ3n) is 3.85. The van der Waals surface area contributed by atoms with Crippen molar-refractivity contribution in [2.75, 3.05) is 0 Å². The summed E-state index contributed by atoms with van der Waals surface area (Å²) in [4.78, 5) is 21.2. The Hall–Kier alpha value is -4.13. The fourth-order valence-corrected chi connectivity index (χ4v) is 2.53. The lowest BCUT2D eigenvalue weighted by Crippen LogP contribution is -2.27. The fourth-order valence-electron chi connectivity index (χ4n) is 2.53. The van der Waals surface area contributed by atoms with Crippen molar-refractivity contribution < 1.29 is 4.79 Å². The molecule has 0 spiro atoms. The molecule has 0 saturated heterocycles. The van der Waals surface area contributed by atoms with Crippen LogP contribution in [0.5, 0.6) is 0 Å². The van der Waals surface area contributed by atoms with Crippen molar-refractivity contribution >= 4 is 35.3 Å². The molecule has 1 aromatic carbocycles. The van der Waals surface area contributed by atoms with Crippen molar-refractivity contribution in [3.63, 3.8) is 0 Å². The van der Waals surface area contributed by atoms with Crippen LogP contribution in [0.3, 0.4) is 0 Å². The van der Waals surface area contributed by atoms with Gasteiger partial charge in [0, 0.05) is 72.6 Å². The molecular weight excluding hydrogens is 352 g/mol. The summed E-state index contributed by atoms with van der Waals surface area (Å²) in [5.74, 6) is 0. The number of allylic oxidation sites excluding steroid dienone is 2. The number of nitrogens with zero attached hydrogens (tertiary/aromatic N) is 3. The molecule has 1 aromatic heterocycles. The Kier molecular flexibility index (Phi) is 6.35. The predicted molar refractivity (Wildman–Crippen MR) is 113 cm³/mol. The van der Waals surface area contributed by atoms with E-state index in [1.165, 1.54) is 17.3 Å². The van der Waals surface area contributed by atoms with Gasteiger partial charge in [0.1, 0.15) is 0 Å². The predicted octanol–water partition coefficient (Wildman–Crippen LogP) is 1.37. The number of aromatic nitrogens is 1. The highest BCUT2D eigenvalue weighted by atomic mass is 16.2. The average Bonchev–Trinajstić information content (AvgIpc) is 2.71. The number of amides is 2. The van der Waals surface area contributed by atoms with Crippen LogP contribution < -0.4 is 26.8 Å². The SMILES string of the molecule is NC(=O)N1C=CNC=CC=NC=c2c(ccc3cnccc23)=CC=CNC=C1. The minimum atomic E-state index is -0.597. The van der Waals surface area contributed by atoms with Crippen molar-refractivity contribution in [1.29, 1.82) is 0 Å². The lowest BCUT2D eigenvalue weighted by molar-refractivity contribution is 0.235.